The molecule has 3 saturated carbocycles. The van der Waals surface area contributed by atoms with Crippen molar-refractivity contribution >= 4 is 0 Å². The van der Waals surface area contributed by atoms with Gasteiger partial charge in [0.05, 0.1) is 24.9 Å². The van der Waals surface area contributed by atoms with E-state index in [1.807, 2.05) is 0 Å². The molecule has 174 valence electrons. The summed E-state index contributed by atoms with van der Waals surface area (Å²) in [6.45, 7) is 10.2. The predicted molar refractivity (Wildman–Crippen MR) is 119 cm³/mol. The Hall–Kier alpha value is -0.420. The lowest BCUT2D eigenvalue weighted by Gasteiger charge is -2.60. The van der Waals surface area contributed by atoms with Gasteiger partial charge in [-0.2, -0.15) is 0 Å². The largest absolute Gasteiger partial charge is 0.393 e. The molecule has 0 radical (unpaired) electrons. The van der Waals surface area contributed by atoms with Gasteiger partial charge in [0.15, 0.2) is 5.79 Å². The minimum absolute atomic E-state index is 0.0863. The van der Waals surface area contributed by atoms with Crippen molar-refractivity contribution < 1.29 is 19.7 Å². The molecule has 4 aliphatic carbocycles. The zero-order valence-corrected chi connectivity index (χ0v) is 19.8. The van der Waals surface area contributed by atoms with E-state index in [2.05, 4.69) is 33.8 Å². The van der Waals surface area contributed by atoms with Gasteiger partial charge in [-0.05, 0) is 74.0 Å². The topological polar surface area (TPSA) is 58.9 Å². The van der Waals surface area contributed by atoms with Crippen LogP contribution in [0.4, 0.5) is 0 Å². The van der Waals surface area contributed by atoms with Gasteiger partial charge in [0, 0.05) is 23.7 Å². The maximum atomic E-state index is 11.8. The van der Waals surface area contributed by atoms with Crippen LogP contribution < -0.4 is 0 Å². The van der Waals surface area contributed by atoms with Crippen molar-refractivity contribution in [3.05, 3.63) is 11.6 Å². The van der Waals surface area contributed by atoms with E-state index in [0.717, 1.165) is 51.6 Å². The van der Waals surface area contributed by atoms with E-state index in [1.165, 1.54) is 12.0 Å². The Kier molecular flexibility index (Phi) is 4.64. The summed E-state index contributed by atoms with van der Waals surface area (Å²) in [5.74, 6) is 2.58. The second-order valence-electron chi connectivity index (χ2n) is 12.7. The first-order valence-corrected chi connectivity index (χ1v) is 13.1. The van der Waals surface area contributed by atoms with E-state index >= 15 is 0 Å². The van der Waals surface area contributed by atoms with Crippen molar-refractivity contribution in [3.8, 4) is 0 Å². The van der Waals surface area contributed by atoms with Crippen LogP contribution in [0.1, 0.15) is 79.1 Å². The molecule has 2 saturated heterocycles. The summed E-state index contributed by atoms with van der Waals surface area (Å²) < 4.78 is 13.2. The number of ether oxygens (including phenoxy) is 2. The second-order valence-corrected chi connectivity index (χ2v) is 12.7. The molecular formula is C27H42O4. The van der Waals surface area contributed by atoms with Crippen LogP contribution in [0.5, 0.6) is 0 Å². The highest BCUT2D eigenvalue weighted by Gasteiger charge is 2.71. The van der Waals surface area contributed by atoms with Crippen LogP contribution >= 0.6 is 0 Å². The average Bonchev–Trinajstić information content (AvgIpc) is 3.18. The molecule has 0 amide bonds. The lowest BCUT2D eigenvalue weighted by Crippen LogP contribution is -2.57. The van der Waals surface area contributed by atoms with Gasteiger partial charge in [0.2, 0.25) is 0 Å². The quantitative estimate of drug-likeness (QED) is 0.548. The average molecular weight is 431 g/mol. The Morgan fingerprint density at radius 2 is 1.84 bits per heavy atom. The fourth-order valence-corrected chi connectivity index (χ4v) is 9.61. The molecule has 0 unspecified atom stereocenters. The van der Waals surface area contributed by atoms with Crippen molar-refractivity contribution in [1.82, 2.24) is 0 Å². The summed E-state index contributed by atoms with van der Waals surface area (Å²) in [5, 5.41) is 22.0. The van der Waals surface area contributed by atoms with Gasteiger partial charge >= 0.3 is 0 Å². The first-order chi connectivity index (χ1) is 14.7. The molecule has 2 aliphatic heterocycles. The van der Waals surface area contributed by atoms with Crippen LogP contribution in [0.25, 0.3) is 0 Å². The van der Waals surface area contributed by atoms with E-state index in [-0.39, 0.29) is 29.1 Å². The van der Waals surface area contributed by atoms with Gasteiger partial charge in [-0.15, -0.1) is 0 Å². The SMILES string of the molecule is C[C@@H]1CC[C@@]2(OC1)O[C@H]1C[C@@H]3[C@@H]4CC=C5C[C@@H](O)CC[C@]5(C)[C@H]4C[C@@H](O)[C@]3(C)[C@H]1[C@@H]2C. The zero-order valence-electron chi connectivity index (χ0n) is 19.8. The molecule has 0 bridgehead atoms. The van der Waals surface area contributed by atoms with E-state index < -0.39 is 5.79 Å². The van der Waals surface area contributed by atoms with Gasteiger partial charge in [-0.3, -0.25) is 0 Å². The molecule has 31 heavy (non-hydrogen) atoms. The second kappa shape index (κ2) is 6.81. The van der Waals surface area contributed by atoms with Crippen LogP contribution in [-0.4, -0.2) is 40.9 Å². The number of fused-ring (bicyclic) bond motifs is 7. The summed E-state index contributed by atoms with van der Waals surface area (Å²) in [5.41, 5.74) is 1.53. The molecule has 1 spiro atoms. The molecule has 2 heterocycles. The Bertz CT molecular complexity index is 769. The van der Waals surface area contributed by atoms with Crippen molar-refractivity contribution in [1.29, 1.82) is 0 Å². The van der Waals surface area contributed by atoms with E-state index in [9.17, 15) is 10.2 Å². The maximum Gasteiger partial charge on any atom is 0.171 e. The van der Waals surface area contributed by atoms with Crippen LogP contribution in [0.2, 0.25) is 0 Å². The standard InChI is InChI=1S/C27H42O4/c1-15-7-10-27(30-14-15)16(2)24-22(31-27)12-21-19-6-5-17-11-18(28)8-9-25(17,3)20(19)13-23(29)26(21,24)4/h5,15-16,18-24,28-29H,6-14H2,1-4H3/t15-,16+,18+,19-,20+,21-,22+,23-,24+,25+,26-,27-/m1/s1. The van der Waals surface area contributed by atoms with E-state index in [0.29, 0.717) is 35.5 Å². The molecule has 4 nitrogen and oxygen atoms in total. The smallest absolute Gasteiger partial charge is 0.171 e. The predicted octanol–water partition coefficient (Wildman–Crippen LogP) is 4.68. The molecule has 0 aromatic heterocycles. The number of hydrogen-bond acceptors (Lipinski definition) is 4. The molecular weight excluding hydrogens is 388 g/mol. The Balaban J connectivity index is 1.32. The van der Waals surface area contributed by atoms with Crippen molar-refractivity contribution in [3.63, 3.8) is 0 Å². The number of allylic oxidation sites excluding steroid dienone is 1. The molecule has 5 fully saturated rings. The molecule has 6 aliphatic rings. The van der Waals surface area contributed by atoms with Crippen LogP contribution in [0.3, 0.4) is 0 Å². The lowest BCUT2D eigenvalue weighted by molar-refractivity contribution is -0.273. The highest BCUT2D eigenvalue weighted by Crippen LogP contribution is 2.70. The van der Waals surface area contributed by atoms with Crippen LogP contribution in [0, 0.1) is 46.3 Å². The van der Waals surface area contributed by atoms with Crippen molar-refractivity contribution in [2.75, 3.05) is 6.61 Å². The molecule has 6 rings (SSSR count). The zero-order chi connectivity index (χ0) is 21.8. The van der Waals surface area contributed by atoms with Crippen LogP contribution in [-0.2, 0) is 9.47 Å². The maximum absolute atomic E-state index is 11.8. The molecule has 12 atom stereocenters. The highest BCUT2D eigenvalue weighted by atomic mass is 16.7. The fraction of sp³-hybridized carbons (Fsp3) is 0.926. The monoisotopic (exact) mass is 430 g/mol. The fourth-order valence-electron chi connectivity index (χ4n) is 9.61. The number of rotatable bonds is 0. The molecule has 4 heteroatoms. The summed E-state index contributed by atoms with van der Waals surface area (Å²) in [6, 6.07) is 0. The number of aliphatic hydroxyl groups is 2. The minimum atomic E-state index is -0.419. The number of hydrogen-bond donors (Lipinski definition) is 2. The third-order valence-corrected chi connectivity index (χ3v) is 11.5. The van der Waals surface area contributed by atoms with E-state index in [4.69, 9.17) is 9.47 Å². The molecule has 0 aromatic carbocycles. The first-order valence-electron chi connectivity index (χ1n) is 13.1. The lowest BCUT2D eigenvalue weighted by atomic mass is 9.46. The van der Waals surface area contributed by atoms with Gasteiger partial charge in [-0.25, -0.2) is 0 Å². The van der Waals surface area contributed by atoms with Crippen molar-refractivity contribution in [2.24, 2.45) is 46.3 Å². The van der Waals surface area contributed by atoms with Gasteiger partial charge in [-0.1, -0.05) is 39.3 Å². The summed E-state index contributed by atoms with van der Waals surface area (Å²) in [7, 11) is 0. The Morgan fingerprint density at radius 3 is 2.58 bits per heavy atom. The highest BCUT2D eigenvalue weighted by molar-refractivity contribution is 5.27. The van der Waals surface area contributed by atoms with Crippen molar-refractivity contribution in [2.45, 2.75) is 103 Å². The third kappa shape index (κ3) is 2.68. The molecule has 0 aromatic rings. The Labute approximate surface area is 187 Å². The molecule has 2 N–H and O–H groups in total. The van der Waals surface area contributed by atoms with E-state index in [1.54, 1.807) is 0 Å². The first kappa shape index (κ1) is 21.1. The number of aliphatic hydroxyl groups excluding tert-OH is 2. The van der Waals surface area contributed by atoms with Gasteiger partial charge < -0.3 is 19.7 Å². The van der Waals surface area contributed by atoms with Gasteiger partial charge in [0.25, 0.3) is 0 Å². The third-order valence-electron chi connectivity index (χ3n) is 11.5. The summed E-state index contributed by atoms with van der Waals surface area (Å²) in [6.07, 6.45) is 10.3. The van der Waals surface area contributed by atoms with Gasteiger partial charge in [0.1, 0.15) is 0 Å². The summed E-state index contributed by atoms with van der Waals surface area (Å²) >= 11 is 0. The summed E-state index contributed by atoms with van der Waals surface area (Å²) in [4.78, 5) is 0. The normalized spacial score (nSPS) is 60.7. The minimum Gasteiger partial charge on any atom is -0.393 e. The van der Waals surface area contributed by atoms with Crippen LogP contribution in [0.15, 0.2) is 11.6 Å². The Morgan fingerprint density at radius 1 is 1.03 bits per heavy atom.